The van der Waals surface area contributed by atoms with E-state index < -0.39 is 10.0 Å². The molecule has 0 saturated carbocycles. The van der Waals surface area contributed by atoms with Gasteiger partial charge in [0.15, 0.2) is 11.6 Å². The van der Waals surface area contributed by atoms with E-state index in [0.717, 1.165) is 5.52 Å². The predicted octanol–water partition coefficient (Wildman–Crippen LogP) is 3.76. The van der Waals surface area contributed by atoms with Crippen LogP contribution in [-0.4, -0.2) is 41.7 Å². The molecule has 0 saturated heterocycles. The number of hydrogen-bond acceptors (Lipinski definition) is 7. The van der Waals surface area contributed by atoms with Crippen LogP contribution < -0.4 is 9.04 Å². The summed E-state index contributed by atoms with van der Waals surface area (Å²) in [4.78, 5) is 4.79. The molecule has 0 atom stereocenters. The van der Waals surface area contributed by atoms with Crippen LogP contribution in [0.3, 0.4) is 0 Å². The molecule has 0 spiro atoms. The molecule has 5 aromatic rings. The zero-order valence-corrected chi connectivity index (χ0v) is 18.2. The molecule has 0 N–H and O–H groups in total. The van der Waals surface area contributed by atoms with Crippen molar-refractivity contribution in [2.75, 3.05) is 18.0 Å². The molecule has 0 unspecified atom stereocenters. The fourth-order valence-corrected chi connectivity index (χ4v) is 5.03. The zero-order chi connectivity index (χ0) is 22.3. The number of methoxy groups -OCH3 is 1. The van der Waals surface area contributed by atoms with Gasteiger partial charge in [0, 0.05) is 6.54 Å². The number of hydrogen-bond donors (Lipinski definition) is 0. The zero-order valence-electron chi connectivity index (χ0n) is 17.3. The SMILES string of the molecule is CCN(c1nc2ccccc2n2c(-c3ccco3)nnc12)S(=O)(=O)c1ccc(OC)cc1. The highest BCUT2D eigenvalue weighted by atomic mass is 32.2. The van der Waals surface area contributed by atoms with Crippen LogP contribution >= 0.6 is 0 Å². The Hall–Kier alpha value is -3.92. The second kappa shape index (κ2) is 7.65. The summed E-state index contributed by atoms with van der Waals surface area (Å²) in [6.45, 7) is 1.90. The van der Waals surface area contributed by atoms with Crippen molar-refractivity contribution >= 4 is 32.5 Å². The second-order valence-corrected chi connectivity index (χ2v) is 8.79. The maximum Gasteiger partial charge on any atom is 0.265 e. The van der Waals surface area contributed by atoms with E-state index in [1.54, 1.807) is 41.9 Å². The molecule has 0 aliphatic heterocycles. The van der Waals surface area contributed by atoms with Crippen molar-refractivity contribution in [3.05, 3.63) is 66.9 Å². The van der Waals surface area contributed by atoms with Gasteiger partial charge < -0.3 is 9.15 Å². The third-order valence-corrected chi connectivity index (χ3v) is 7.00. The van der Waals surface area contributed by atoms with Crippen LogP contribution in [0, 0.1) is 0 Å². The molecule has 9 nitrogen and oxygen atoms in total. The largest absolute Gasteiger partial charge is 0.497 e. The summed E-state index contributed by atoms with van der Waals surface area (Å²) in [5.74, 6) is 1.73. The maximum absolute atomic E-state index is 13.5. The monoisotopic (exact) mass is 449 g/mol. The number of ether oxygens (including phenoxy) is 1. The van der Waals surface area contributed by atoms with Gasteiger partial charge in [-0.3, -0.25) is 4.40 Å². The average molecular weight is 449 g/mol. The number of fused-ring (bicyclic) bond motifs is 3. The minimum Gasteiger partial charge on any atom is -0.497 e. The van der Waals surface area contributed by atoms with Gasteiger partial charge in [0.25, 0.3) is 10.0 Å². The summed E-state index contributed by atoms with van der Waals surface area (Å²) >= 11 is 0. The fourth-order valence-electron chi connectivity index (χ4n) is 3.61. The first-order valence-corrected chi connectivity index (χ1v) is 11.3. The third kappa shape index (κ3) is 3.07. The van der Waals surface area contributed by atoms with E-state index in [9.17, 15) is 8.42 Å². The maximum atomic E-state index is 13.5. The molecule has 0 aliphatic carbocycles. The molecule has 162 valence electrons. The molecule has 0 radical (unpaired) electrons. The number of sulfonamides is 1. The Morgan fingerprint density at radius 3 is 2.50 bits per heavy atom. The summed E-state index contributed by atoms with van der Waals surface area (Å²) in [5.41, 5.74) is 1.65. The van der Waals surface area contributed by atoms with Crippen LogP contribution in [0.15, 0.2) is 76.2 Å². The molecular formula is C22H19N5O4S. The number of para-hydroxylation sites is 2. The Bertz CT molecular complexity index is 1510. The van der Waals surface area contributed by atoms with Crippen molar-refractivity contribution in [3.63, 3.8) is 0 Å². The number of anilines is 1. The van der Waals surface area contributed by atoms with E-state index in [-0.39, 0.29) is 17.3 Å². The Morgan fingerprint density at radius 2 is 1.81 bits per heavy atom. The highest BCUT2D eigenvalue weighted by molar-refractivity contribution is 7.92. The standard InChI is InChI=1S/C22H19N5O4S/c1-3-26(32(28,29)16-12-10-15(30-2)11-13-16)21-22-25-24-20(19-9-6-14-31-19)27(22)18-8-5-4-7-17(18)23-21/h4-14H,3H2,1-2H3. The van der Waals surface area contributed by atoms with Crippen molar-refractivity contribution in [1.29, 1.82) is 0 Å². The summed E-state index contributed by atoms with van der Waals surface area (Å²) in [6.07, 6.45) is 1.55. The molecule has 2 aromatic carbocycles. The highest BCUT2D eigenvalue weighted by Gasteiger charge is 2.29. The van der Waals surface area contributed by atoms with Crippen molar-refractivity contribution in [3.8, 4) is 17.3 Å². The summed E-state index contributed by atoms with van der Waals surface area (Å²) in [6, 6.07) is 17.2. The summed E-state index contributed by atoms with van der Waals surface area (Å²) in [7, 11) is -2.40. The lowest BCUT2D eigenvalue weighted by Crippen LogP contribution is -2.32. The van der Waals surface area contributed by atoms with Crippen molar-refractivity contribution < 1.29 is 17.6 Å². The first-order chi connectivity index (χ1) is 15.5. The van der Waals surface area contributed by atoms with Crippen molar-refractivity contribution in [2.24, 2.45) is 0 Å². The fraction of sp³-hybridized carbons (Fsp3) is 0.136. The molecule has 3 heterocycles. The van der Waals surface area contributed by atoms with E-state index in [0.29, 0.717) is 28.5 Å². The number of benzene rings is 2. The molecule has 0 aliphatic rings. The molecule has 10 heteroatoms. The van der Waals surface area contributed by atoms with E-state index in [1.165, 1.54) is 23.5 Å². The first kappa shape index (κ1) is 20.0. The molecular weight excluding hydrogens is 430 g/mol. The third-order valence-electron chi connectivity index (χ3n) is 5.12. The quantitative estimate of drug-likeness (QED) is 0.389. The van der Waals surface area contributed by atoms with Crippen molar-refractivity contribution in [1.82, 2.24) is 19.6 Å². The van der Waals surface area contributed by atoms with Gasteiger partial charge >= 0.3 is 0 Å². The van der Waals surface area contributed by atoms with Gasteiger partial charge in [-0.25, -0.2) is 17.7 Å². The lowest BCUT2D eigenvalue weighted by atomic mass is 10.3. The van der Waals surface area contributed by atoms with Gasteiger partial charge in [-0.05, 0) is 55.5 Å². The topological polar surface area (TPSA) is 103 Å². The van der Waals surface area contributed by atoms with Crippen LogP contribution in [0.4, 0.5) is 5.82 Å². The van der Waals surface area contributed by atoms with E-state index in [2.05, 4.69) is 15.2 Å². The van der Waals surface area contributed by atoms with Crippen molar-refractivity contribution in [2.45, 2.75) is 11.8 Å². The molecule has 32 heavy (non-hydrogen) atoms. The molecule has 5 rings (SSSR count). The number of aromatic nitrogens is 4. The van der Waals surface area contributed by atoms with Gasteiger partial charge in [0.2, 0.25) is 11.5 Å². The van der Waals surface area contributed by atoms with E-state index >= 15 is 0 Å². The van der Waals surface area contributed by atoms with Gasteiger partial charge in [-0.2, -0.15) is 0 Å². The van der Waals surface area contributed by atoms with Gasteiger partial charge in [-0.1, -0.05) is 12.1 Å². The Kier molecular flexibility index (Phi) is 4.78. The Balaban J connectivity index is 1.76. The molecule has 3 aromatic heterocycles. The number of rotatable bonds is 6. The summed E-state index contributed by atoms with van der Waals surface area (Å²) < 4.78 is 40.8. The Labute approximate surface area is 183 Å². The summed E-state index contributed by atoms with van der Waals surface area (Å²) in [5, 5.41) is 8.58. The second-order valence-electron chi connectivity index (χ2n) is 6.93. The molecule has 0 bridgehead atoms. The number of nitrogens with zero attached hydrogens (tertiary/aromatic N) is 5. The minimum absolute atomic E-state index is 0.124. The molecule has 0 amide bonds. The number of furan rings is 1. The normalized spacial score (nSPS) is 11.8. The minimum atomic E-state index is -3.92. The first-order valence-electron chi connectivity index (χ1n) is 9.89. The van der Waals surface area contributed by atoms with Crippen LogP contribution in [0.25, 0.3) is 28.3 Å². The average Bonchev–Trinajstić information content (AvgIpc) is 3.49. The smallest absolute Gasteiger partial charge is 0.265 e. The van der Waals surface area contributed by atoms with Gasteiger partial charge in [0.1, 0.15) is 5.75 Å². The van der Waals surface area contributed by atoms with Gasteiger partial charge in [0.05, 0.1) is 29.3 Å². The van der Waals surface area contributed by atoms with E-state index in [4.69, 9.17) is 9.15 Å². The van der Waals surface area contributed by atoms with E-state index in [1.807, 2.05) is 24.3 Å². The highest BCUT2D eigenvalue weighted by Crippen LogP contribution is 2.31. The molecule has 0 fully saturated rings. The predicted molar refractivity (Wildman–Crippen MR) is 119 cm³/mol. The lowest BCUT2D eigenvalue weighted by molar-refractivity contribution is 0.414. The van der Waals surface area contributed by atoms with Gasteiger partial charge in [-0.15, -0.1) is 10.2 Å². The van der Waals surface area contributed by atoms with Crippen LogP contribution in [-0.2, 0) is 10.0 Å². The Morgan fingerprint density at radius 1 is 1.03 bits per heavy atom. The van der Waals surface area contributed by atoms with Crippen LogP contribution in [0.5, 0.6) is 5.75 Å². The van der Waals surface area contributed by atoms with Crippen LogP contribution in [0.1, 0.15) is 6.92 Å². The lowest BCUT2D eigenvalue weighted by Gasteiger charge is -2.22. The van der Waals surface area contributed by atoms with Crippen LogP contribution in [0.2, 0.25) is 0 Å².